The van der Waals surface area contributed by atoms with Gasteiger partial charge in [0, 0.05) is 29.2 Å². The zero-order chi connectivity index (χ0) is 13.0. The summed E-state index contributed by atoms with van der Waals surface area (Å²) in [6.45, 7) is 4.64. The molecule has 1 aromatic carbocycles. The number of piperazine rings is 1. The molecule has 2 rings (SSSR count). The van der Waals surface area contributed by atoms with Crippen LogP contribution in [0.5, 0.6) is 5.75 Å². The normalized spacial score (nSPS) is 18.6. The van der Waals surface area contributed by atoms with Crippen LogP contribution in [-0.2, 0) is 4.79 Å². The highest BCUT2D eigenvalue weighted by molar-refractivity contribution is 14.1. The van der Waals surface area contributed by atoms with Gasteiger partial charge >= 0.3 is 0 Å². The van der Waals surface area contributed by atoms with Gasteiger partial charge in [-0.1, -0.05) is 0 Å². The van der Waals surface area contributed by atoms with Gasteiger partial charge in [-0.25, -0.2) is 0 Å². The van der Waals surface area contributed by atoms with Gasteiger partial charge in [0.1, 0.15) is 5.75 Å². The molecule has 0 aromatic heterocycles. The van der Waals surface area contributed by atoms with Gasteiger partial charge in [-0.3, -0.25) is 4.79 Å². The highest BCUT2D eigenvalue weighted by Crippen LogP contribution is 2.13. The van der Waals surface area contributed by atoms with E-state index in [2.05, 4.69) is 34.8 Å². The summed E-state index contributed by atoms with van der Waals surface area (Å²) >= 11 is 2.24. The average molecular weight is 397 g/mol. The van der Waals surface area contributed by atoms with Gasteiger partial charge in [-0.2, -0.15) is 0 Å². The van der Waals surface area contributed by atoms with Crippen LogP contribution in [0.25, 0.3) is 0 Å². The minimum Gasteiger partial charge on any atom is -0.484 e. The summed E-state index contributed by atoms with van der Waals surface area (Å²) in [7, 11) is 0. The van der Waals surface area contributed by atoms with E-state index in [0.29, 0.717) is 0 Å². The quantitative estimate of drug-likeness (QED) is 0.794. The van der Waals surface area contributed by atoms with Gasteiger partial charge in [0.15, 0.2) is 6.61 Å². The molecule has 1 aromatic rings. The molecule has 1 saturated heterocycles. The number of amides is 1. The van der Waals surface area contributed by atoms with Crippen molar-refractivity contribution < 1.29 is 9.53 Å². The van der Waals surface area contributed by atoms with Crippen LogP contribution < -0.4 is 10.1 Å². The molecule has 0 spiro atoms. The van der Waals surface area contributed by atoms with Crippen LogP contribution in [0.15, 0.2) is 24.3 Å². The maximum Gasteiger partial charge on any atom is 0.260 e. The molecule has 0 bridgehead atoms. The maximum absolute atomic E-state index is 12.0. The monoisotopic (exact) mass is 396 g/mol. The first-order valence-electron chi connectivity index (χ1n) is 6.05. The van der Waals surface area contributed by atoms with Crippen molar-refractivity contribution in [2.45, 2.75) is 13.0 Å². The number of nitrogens with zero attached hydrogens (tertiary/aromatic N) is 1. The van der Waals surface area contributed by atoms with E-state index in [4.69, 9.17) is 4.74 Å². The van der Waals surface area contributed by atoms with E-state index in [1.165, 1.54) is 0 Å². The second-order valence-corrected chi connectivity index (χ2v) is 5.63. The van der Waals surface area contributed by atoms with Crippen molar-refractivity contribution in [1.29, 1.82) is 0 Å². The zero-order valence-corrected chi connectivity index (χ0v) is 13.7. The fourth-order valence-corrected chi connectivity index (χ4v) is 2.33. The molecule has 1 N–H and O–H groups in total. The standard InChI is InChI=1S/C13H17IN2O2.ClH/c1-10-8-15-6-7-16(10)13(17)9-18-12-4-2-11(14)3-5-12;/h2-5,10,15H,6-9H2,1H3;1H/t10-;/m1./s1. The topological polar surface area (TPSA) is 41.6 Å². The van der Waals surface area contributed by atoms with Gasteiger partial charge in [0.25, 0.3) is 5.91 Å². The van der Waals surface area contributed by atoms with E-state index in [-0.39, 0.29) is 31.0 Å². The minimum atomic E-state index is 0. The minimum absolute atomic E-state index is 0. The number of carbonyl (C=O) groups is 1. The van der Waals surface area contributed by atoms with Crippen molar-refractivity contribution in [3.63, 3.8) is 0 Å². The molecule has 1 amide bonds. The first-order chi connectivity index (χ1) is 8.66. The van der Waals surface area contributed by atoms with Crippen molar-refractivity contribution in [2.24, 2.45) is 0 Å². The van der Waals surface area contributed by atoms with E-state index in [9.17, 15) is 4.79 Å². The molecule has 1 fully saturated rings. The third kappa shape index (κ3) is 4.81. The second-order valence-electron chi connectivity index (χ2n) is 4.38. The largest absolute Gasteiger partial charge is 0.484 e. The maximum atomic E-state index is 12.0. The Morgan fingerprint density at radius 3 is 2.79 bits per heavy atom. The molecule has 19 heavy (non-hydrogen) atoms. The Hall–Kier alpha value is -0.530. The zero-order valence-electron chi connectivity index (χ0n) is 10.8. The Kier molecular flexibility index (Phi) is 6.88. The van der Waals surface area contributed by atoms with E-state index in [1.807, 2.05) is 29.2 Å². The highest BCUT2D eigenvalue weighted by Gasteiger charge is 2.22. The molecule has 0 aliphatic carbocycles. The first kappa shape index (κ1) is 16.5. The van der Waals surface area contributed by atoms with Gasteiger partial charge in [-0.05, 0) is 53.8 Å². The third-order valence-corrected chi connectivity index (χ3v) is 3.72. The fraction of sp³-hybridized carbons (Fsp3) is 0.462. The van der Waals surface area contributed by atoms with E-state index in [1.54, 1.807) is 0 Å². The summed E-state index contributed by atoms with van der Waals surface area (Å²) in [5, 5.41) is 3.26. The van der Waals surface area contributed by atoms with Crippen molar-refractivity contribution in [2.75, 3.05) is 26.2 Å². The second kappa shape index (κ2) is 7.91. The Morgan fingerprint density at radius 2 is 2.16 bits per heavy atom. The number of carbonyl (C=O) groups excluding carboxylic acids is 1. The van der Waals surface area contributed by atoms with Gasteiger partial charge in [0.05, 0.1) is 0 Å². The molecule has 1 atom stereocenters. The van der Waals surface area contributed by atoms with E-state index >= 15 is 0 Å². The lowest BCUT2D eigenvalue weighted by atomic mass is 10.2. The summed E-state index contributed by atoms with van der Waals surface area (Å²) in [5.74, 6) is 0.800. The molecule has 4 nitrogen and oxygen atoms in total. The number of ether oxygens (including phenoxy) is 1. The van der Waals surface area contributed by atoms with Crippen LogP contribution in [0.1, 0.15) is 6.92 Å². The van der Waals surface area contributed by atoms with Gasteiger partial charge < -0.3 is 15.0 Å². The van der Waals surface area contributed by atoms with Crippen LogP contribution in [-0.4, -0.2) is 43.1 Å². The smallest absolute Gasteiger partial charge is 0.260 e. The number of benzene rings is 1. The summed E-state index contributed by atoms with van der Waals surface area (Å²) in [6.07, 6.45) is 0. The summed E-state index contributed by atoms with van der Waals surface area (Å²) in [6, 6.07) is 7.94. The van der Waals surface area contributed by atoms with E-state index in [0.717, 1.165) is 29.0 Å². The van der Waals surface area contributed by atoms with Crippen LogP contribution in [0.4, 0.5) is 0 Å². The molecule has 0 radical (unpaired) electrons. The van der Waals surface area contributed by atoms with Crippen molar-refractivity contribution >= 4 is 40.9 Å². The lowest BCUT2D eigenvalue weighted by Crippen LogP contribution is -2.53. The lowest BCUT2D eigenvalue weighted by molar-refractivity contribution is -0.136. The lowest BCUT2D eigenvalue weighted by Gasteiger charge is -2.33. The first-order valence-corrected chi connectivity index (χ1v) is 7.13. The molecule has 0 saturated carbocycles. The van der Waals surface area contributed by atoms with Crippen molar-refractivity contribution in [1.82, 2.24) is 10.2 Å². The Morgan fingerprint density at radius 1 is 1.47 bits per heavy atom. The number of hydrogen-bond donors (Lipinski definition) is 1. The Labute approximate surface area is 133 Å². The molecule has 1 aliphatic rings. The summed E-state index contributed by atoms with van der Waals surface area (Å²) in [4.78, 5) is 13.9. The number of rotatable bonds is 3. The number of hydrogen-bond acceptors (Lipinski definition) is 3. The predicted molar refractivity (Wildman–Crippen MR) is 85.9 cm³/mol. The summed E-state index contributed by atoms with van der Waals surface area (Å²) in [5.41, 5.74) is 0. The van der Waals surface area contributed by atoms with Gasteiger partial charge in [0.2, 0.25) is 0 Å². The van der Waals surface area contributed by atoms with E-state index < -0.39 is 0 Å². The fourth-order valence-electron chi connectivity index (χ4n) is 1.97. The predicted octanol–water partition coefficient (Wildman–Crippen LogP) is 1.91. The Balaban J connectivity index is 0.00000180. The molecule has 6 heteroatoms. The summed E-state index contributed by atoms with van der Waals surface area (Å²) < 4.78 is 6.66. The van der Waals surface area contributed by atoms with Crippen LogP contribution in [0.3, 0.4) is 0 Å². The van der Waals surface area contributed by atoms with Crippen molar-refractivity contribution in [3.8, 4) is 5.75 Å². The van der Waals surface area contributed by atoms with Crippen LogP contribution in [0.2, 0.25) is 0 Å². The molecular formula is C13H18ClIN2O2. The van der Waals surface area contributed by atoms with Crippen LogP contribution >= 0.6 is 35.0 Å². The van der Waals surface area contributed by atoms with Crippen LogP contribution in [0, 0.1) is 3.57 Å². The van der Waals surface area contributed by atoms with Crippen molar-refractivity contribution in [3.05, 3.63) is 27.8 Å². The molecule has 106 valence electrons. The molecule has 0 unspecified atom stereocenters. The number of halogens is 2. The molecule has 1 aliphatic heterocycles. The average Bonchev–Trinajstić information content (AvgIpc) is 2.38. The third-order valence-electron chi connectivity index (χ3n) is 3.00. The number of nitrogens with one attached hydrogen (secondary N) is 1. The Bertz CT molecular complexity index is 414. The molecule has 1 heterocycles. The SMILES string of the molecule is C[C@@H]1CNCCN1C(=O)COc1ccc(I)cc1.Cl. The highest BCUT2D eigenvalue weighted by atomic mass is 127. The molecular weight excluding hydrogens is 379 g/mol. The van der Waals surface area contributed by atoms with Gasteiger partial charge in [-0.15, -0.1) is 12.4 Å².